The number of hydrogen-bond donors (Lipinski definition) is 4. The van der Waals surface area contributed by atoms with Gasteiger partial charge in [0.2, 0.25) is 11.9 Å². The lowest BCUT2D eigenvalue weighted by Gasteiger charge is -2.34. The Hall–Kier alpha value is -5.12. The van der Waals surface area contributed by atoms with E-state index in [1.807, 2.05) is 4.90 Å². The van der Waals surface area contributed by atoms with Crippen LogP contribution in [0.4, 0.5) is 16.6 Å². The summed E-state index contributed by atoms with van der Waals surface area (Å²) in [5.41, 5.74) is 5.58. The van der Waals surface area contributed by atoms with Crippen LogP contribution in [-0.4, -0.2) is 103 Å². The molecule has 2 aromatic heterocycles. The third kappa shape index (κ3) is 8.03. The number of primary amides is 1. The first-order valence-electron chi connectivity index (χ1n) is 13.9. The Bertz CT molecular complexity index is 1470. The number of amides is 3. The maximum atomic E-state index is 12.8. The number of carbonyl (C=O) groups is 4. The van der Waals surface area contributed by atoms with E-state index >= 15 is 0 Å². The van der Waals surface area contributed by atoms with Crippen LogP contribution in [0.3, 0.4) is 0 Å². The number of nitrogens with two attached hydrogens (primary N) is 1. The molecule has 16 nitrogen and oxygen atoms in total. The number of furan rings is 1. The van der Waals surface area contributed by atoms with Crippen molar-refractivity contribution in [2.75, 3.05) is 63.8 Å². The van der Waals surface area contributed by atoms with E-state index in [1.165, 1.54) is 20.5 Å². The Morgan fingerprint density at radius 3 is 2.45 bits per heavy atom. The predicted molar refractivity (Wildman–Crippen MR) is 157 cm³/mol. The summed E-state index contributed by atoms with van der Waals surface area (Å²) in [5.74, 6) is -0.248. The van der Waals surface area contributed by atoms with Crippen molar-refractivity contribution < 1.29 is 42.9 Å². The fourth-order valence-electron chi connectivity index (χ4n) is 4.59. The number of benzene rings is 1. The molecule has 4 rings (SSSR count). The first kappa shape index (κ1) is 31.8. The van der Waals surface area contributed by atoms with Crippen molar-refractivity contribution in [1.29, 1.82) is 0 Å². The van der Waals surface area contributed by atoms with Crippen molar-refractivity contribution in [3.63, 3.8) is 0 Å². The van der Waals surface area contributed by atoms with Crippen LogP contribution in [0.1, 0.15) is 29.8 Å². The monoisotopic (exact) mass is 613 g/mol. The molecule has 3 amide bonds. The molecule has 1 atom stereocenters. The van der Waals surface area contributed by atoms with E-state index in [4.69, 9.17) is 29.3 Å². The number of rotatable bonds is 14. The van der Waals surface area contributed by atoms with Crippen molar-refractivity contribution in [2.45, 2.75) is 25.3 Å². The fraction of sp³-hybridized carbons (Fsp3) is 0.429. The Balaban J connectivity index is 1.43. The van der Waals surface area contributed by atoms with Gasteiger partial charge in [0.1, 0.15) is 11.9 Å². The van der Waals surface area contributed by atoms with Crippen LogP contribution in [0.25, 0.3) is 10.9 Å². The molecule has 236 valence electrons. The molecule has 1 aliphatic rings. The number of piperazine rings is 1. The molecular weight excluding hydrogens is 578 g/mol. The van der Waals surface area contributed by atoms with Gasteiger partial charge in [0.15, 0.2) is 17.3 Å². The molecular formula is C28H35N7O9. The number of carbonyl (C=O) groups excluding carboxylic acids is 3. The summed E-state index contributed by atoms with van der Waals surface area (Å²) < 4.78 is 21.4. The van der Waals surface area contributed by atoms with Crippen LogP contribution in [0.15, 0.2) is 34.9 Å². The van der Waals surface area contributed by atoms with Crippen molar-refractivity contribution in [3.8, 4) is 11.5 Å². The summed E-state index contributed by atoms with van der Waals surface area (Å²) in [6.07, 6.45) is 0.986. The van der Waals surface area contributed by atoms with Crippen LogP contribution in [0.2, 0.25) is 0 Å². The Morgan fingerprint density at radius 2 is 1.82 bits per heavy atom. The van der Waals surface area contributed by atoms with Gasteiger partial charge in [-0.1, -0.05) is 0 Å². The highest BCUT2D eigenvalue weighted by molar-refractivity contribution is 5.99. The van der Waals surface area contributed by atoms with E-state index in [0.717, 1.165) is 0 Å². The minimum atomic E-state index is -1.10. The molecule has 0 bridgehead atoms. The molecule has 1 fully saturated rings. The summed E-state index contributed by atoms with van der Waals surface area (Å²) in [4.78, 5) is 60.6. The molecule has 0 unspecified atom stereocenters. The van der Waals surface area contributed by atoms with Crippen LogP contribution in [0, 0.1) is 0 Å². The van der Waals surface area contributed by atoms with Crippen LogP contribution in [0.5, 0.6) is 11.5 Å². The van der Waals surface area contributed by atoms with E-state index in [1.54, 1.807) is 29.2 Å². The van der Waals surface area contributed by atoms with Gasteiger partial charge in [-0.15, -0.1) is 0 Å². The minimum absolute atomic E-state index is 0.0142. The van der Waals surface area contributed by atoms with Crippen molar-refractivity contribution >= 4 is 46.5 Å². The number of carboxylic acids is 1. The van der Waals surface area contributed by atoms with Gasteiger partial charge in [0, 0.05) is 44.1 Å². The molecule has 44 heavy (non-hydrogen) atoms. The number of ether oxygens (including phenoxy) is 3. The molecule has 0 spiro atoms. The number of carboxylic acid groups (broad SMARTS) is 1. The summed E-state index contributed by atoms with van der Waals surface area (Å²) in [5, 5.41) is 15.2. The topological polar surface area (TPSA) is 212 Å². The number of nitrogens with one attached hydrogen (secondary N) is 2. The second-order valence-electron chi connectivity index (χ2n) is 9.82. The lowest BCUT2D eigenvalue weighted by molar-refractivity contribution is -0.139. The largest absolute Gasteiger partial charge is 0.493 e. The van der Waals surface area contributed by atoms with E-state index in [9.17, 15) is 24.3 Å². The van der Waals surface area contributed by atoms with Gasteiger partial charge < -0.3 is 44.6 Å². The molecule has 1 aliphatic heterocycles. The first-order chi connectivity index (χ1) is 21.2. The first-order valence-corrected chi connectivity index (χ1v) is 13.9. The van der Waals surface area contributed by atoms with Gasteiger partial charge in [-0.2, -0.15) is 4.98 Å². The maximum Gasteiger partial charge on any atom is 0.412 e. The Morgan fingerprint density at radius 1 is 1.09 bits per heavy atom. The van der Waals surface area contributed by atoms with Gasteiger partial charge in [0.05, 0.1) is 32.6 Å². The van der Waals surface area contributed by atoms with Crippen LogP contribution in [-0.2, 0) is 14.3 Å². The Labute approximate surface area is 252 Å². The number of fused-ring (bicyclic) bond motifs is 1. The average Bonchev–Trinajstić information content (AvgIpc) is 3.56. The highest BCUT2D eigenvalue weighted by Crippen LogP contribution is 2.35. The number of methoxy groups -OCH3 is 2. The summed E-state index contributed by atoms with van der Waals surface area (Å²) in [6, 6.07) is 5.66. The third-order valence-electron chi connectivity index (χ3n) is 6.91. The van der Waals surface area contributed by atoms with Crippen LogP contribution >= 0.6 is 0 Å². The third-order valence-corrected chi connectivity index (χ3v) is 6.91. The highest BCUT2D eigenvalue weighted by Gasteiger charge is 2.26. The van der Waals surface area contributed by atoms with Gasteiger partial charge in [0.25, 0.3) is 5.91 Å². The van der Waals surface area contributed by atoms with E-state index < -0.39 is 24.0 Å². The SMILES string of the molecule is COc1cc2nc(N3CCN(C(=O)c4ccco4)CC3)nc(NC(=O)OCCCN[C@@H](CCC(N)=O)C(=O)O)c2cc1OC. The quantitative estimate of drug-likeness (QED) is 0.190. The predicted octanol–water partition coefficient (Wildman–Crippen LogP) is 1.45. The van der Waals surface area contributed by atoms with E-state index in [2.05, 4.69) is 15.6 Å². The number of nitrogens with zero attached hydrogens (tertiary/aromatic N) is 4. The van der Waals surface area contributed by atoms with Crippen molar-refractivity contribution in [2.24, 2.45) is 5.73 Å². The standard InChI is InChI=1S/C28H35N7O9/c1-41-21-15-17-19(16-22(21)42-2)31-27(35-11-9-34(10-12-35)25(37)20-5-3-13-43-20)32-24(17)33-28(40)44-14-4-8-30-18(26(38)39)6-7-23(29)36/h3,5,13,15-16,18,30H,4,6-12,14H2,1-2H3,(H2,29,36)(H,38,39)(H,31,32,33,40)/t18-/m0/s1. The lowest BCUT2D eigenvalue weighted by atomic mass is 10.1. The number of aromatic nitrogens is 2. The van der Waals surface area contributed by atoms with Gasteiger partial charge >= 0.3 is 12.1 Å². The molecule has 1 saturated heterocycles. The number of hydrogen-bond acceptors (Lipinski definition) is 12. The zero-order valence-corrected chi connectivity index (χ0v) is 24.4. The molecule has 0 aliphatic carbocycles. The zero-order chi connectivity index (χ0) is 31.6. The highest BCUT2D eigenvalue weighted by atomic mass is 16.5. The molecule has 5 N–H and O–H groups in total. The Kier molecular flexibility index (Phi) is 10.7. The van der Waals surface area contributed by atoms with Crippen LogP contribution < -0.4 is 30.7 Å². The molecule has 3 heterocycles. The van der Waals surface area contributed by atoms with Crippen molar-refractivity contribution in [1.82, 2.24) is 20.2 Å². The normalized spacial score (nSPS) is 13.8. The molecule has 0 radical (unpaired) electrons. The van der Waals surface area contributed by atoms with Gasteiger partial charge in [-0.05, 0) is 37.6 Å². The maximum absolute atomic E-state index is 12.8. The van der Waals surface area contributed by atoms with Gasteiger partial charge in [-0.25, -0.2) is 9.78 Å². The molecule has 3 aromatic rings. The molecule has 16 heteroatoms. The fourth-order valence-corrected chi connectivity index (χ4v) is 4.59. The number of anilines is 2. The summed E-state index contributed by atoms with van der Waals surface area (Å²) >= 11 is 0. The van der Waals surface area contributed by atoms with E-state index in [0.29, 0.717) is 61.0 Å². The van der Waals surface area contributed by atoms with Gasteiger partial charge in [-0.3, -0.25) is 19.7 Å². The number of aliphatic carboxylic acids is 1. The summed E-state index contributed by atoms with van der Waals surface area (Å²) in [6.45, 7) is 1.93. The lowest BCUT2D eigenvalue weighted by Crippen LogP contribution is -2.49. The average molecular weight is 614 g/mol. The second kappa shape index (κ2) is 14.9. The second-order valence-corrected chi connectivity index (χ2v) is 9.82. The molecule has 1 aromatic carbocycles. The zero-order valence-electron chi connectivity index (χ0n) is 24.4. The summed E-state index contributed by atoms with van der Waals surface area (Å²) in [7, 11) is 2.99. The van der Waals surface area contributed by atoms with Crippen molar-refractivity contribution in [3.05, 3.63) is 36.3 Å². The smallest absolute Gasteiger partial charge is 0.412 e. The van der Waals surface area contributed by atoms with E-state index in [-0.39, 0.29) is 43.5 Å². The molecule has 0 saturated carbocycles. The minimum Gasteiger partial charge on any atom is -0.493 e.